The molecule has 1 amide bonds. The van der Waals surface area contributed by atoms with Crippen LogP contribution in [0.2, 0.25) is 0 Å². The second kappa shape index (κ2) is 6.71. The monoisotopic (exact) mass is 284 g/mol. The Labute approximate surface area is 123 Å². The van der Waals surface area contributed by atoms with Gasteiger partial charge in [-0.1, -0.05) is 12.1 Å². The van der Waals surface area contributed by atoms with Crippen LogP contribution in [0, 0.1) is 11.3 Å². The summed E-state index contributed by atoms with van der Waals surface area (Å²) >= 11 is 0. The van der Waals surface area contributed by atoms with Crippen molar-refractivity contribution in [3.05, 3.63) is 35.4 Å². The predicted molar refractivity (Wildman–Crippen MR) is 77.2 cm³/mol. The molecule has 1 aliphatic rings. The molecule has 1 aromatic carbocycles. The Kier molecular flexibility index (Phi) is 4.72. The number of nitriles is 1. The van der Waals surface area contributed by atoms with Gasteiger partial charge in [-0.25, -0.2) is 0 Å². The molecule has 0 saturated carbocycles. The van der Waals surface area contributed by atoms with Crippen LogP contribution in [0.5, 0.6) is 5.75 Å². The number of nitrogens with zero attached hydrogens (tertiary/aromatic N) is 2. The highest BCUT2D eigenvalue weighted by molar-refractivity contribution is 6.01. The van der Waals surface area contributed by atoms with E-state index in [9.17, 15) is 9.59 Å². The van der Waals surface area contributed by atoms with Crippen molar-refractivity contribution in [2.75, 3.05) is 13.1 Å². The Hall–Kier alpha value is -2.61. The van der Waals surface area contributed by atoms with Crippen molar-refractivity contribution in [1.82, 2.24) is 4.90 Å². The summed E-state index contributed by atoms with van der Waals surface area (Å²) in [6.07, 6.45) is 3.53. The zero-order valence-electron chi connectivity index (χ0n) is 11.8. The van der Waals surface area contributed by atoms with Crippen LogP contribution in [0.25, 0.3) is 6.08 Å². The van der Waals surface area contributed by atoms with Crippen LogP contribution in [-0.4, -0.2) is 29.9 Å². The van der Waals surface area contributed by atoms with Gasteiger partial charge in [0.25, 0.3) is 5.91 Å². The van der Waals surface area contributed by atoms with E-state index in [0.29, 0.717) is 18.8 Å². The number of ether oxygens (including phenoxy) is 1. The molecule has 1 saturated heterocycles. The van der Waals surface area contributed by atoms with E-state index in [4.69, 9.17) is 10.00 Å². The van der Waals surface area contributed by atoms with Crippen LogP contribution in [0.15, 0.2) is 29.8 Å². The van der Waals surface area contributed by atoms with E-state index in [0.717, 1.165) is 18.4 Å². The molecule has 0 bridgehead atoms. The van der Waals surface area contributed by atoms with Gasteiger partial charge in [0, 0.05) is 20.0 Å². The third-order valence-corrected chi connectivity index (χ3v) is 3.20. The molecule has 5 nitrogen and oxygen atoms in total. The maximum absolute atomic E-state index is 12.2. The summed E-state index contributed by atoms with van der Waals surface area (Å²) in [7, 11) is 0. The van der Waals surface area contributed by atoms with Gasteiger partial charge < -0.3 is 9.64 Å². The van der Waals surface area contributed by atoms with E-state index in [1.165, 1.54) is 6.92 Å². The smallest absolute Gasteiger partial charge is 0.308 e. The Bertz CT molecular complexity index is 605. The van der Waals surface area contributed by atoms with Crippen LogP contribution >= 0.6 is 0 Å². The van der Waals surface area contributed by atoms with Crippen LogP contribution in [-0.2, 0) is 9.59 Å². The SMILES string of the molecule is CC(=O)Oc1ccc(/C=C(\C#N)C(=O)N2CCCC2)cc1. The Morgan fingerprint density at radius 1 is 1.24 bits per heavy atom. The number of benzene rings is 1. The van der Waals surface area contributed by atoms with Crippen molar-refractivity contribution in [3.8, 4) is 11.8 Å². The lowest BCUT2D eigenvalue weighted by Crippen LogP contribution is -2.28. The molecule has 0 atom stereocenters. The molecule has 0 unspecified atom stereocenters. The van der Waals surface area contributed by atoms with Crippen molar-refractivity contribution in [2.45, 2.75) is 19.8 Å². The van der Waals surface area contributed by atoms with E-state index < -0.39 is 0 Å². The maximum Gasteiger partial charge on any atom is 0.308 e. The molecule has 2 rings (SSSR count). The third kappa shape index (κ3) is 3.93. The second-order valence-electron chi connectivity index (χ2n) is 4.83. The van der Waals surface area contributed by atoms with Crippen molar-refractivity contribution in [1.29, 1.82) is 5.26 Å². The van der Waals surface area contributed by atoms with Crippen LogP contribution in [0.1, 0.15) is 25.3 Å². The minimum Gasteiger partial charge on any atom is -0.427 e. The Morgan fingerprint density at radius 3 is 2.38 bits per heavy atom. The zero-order chi connectivity index (χ0) is 15.2. The van der Waals surface area contributed by atoms with Gasteiger partial charge >= 0.3 is 5.97 Å². The van der Waals surface area contributed by atoms with Gasteiger partial charge in [0.2, 0.25) is 0 Å². The fourth-order valence-electron chi connectivity index (χ4n) is 2.20. The zero-order valence-corrected chi connectivity index (χ0v) is 11.8. The van der Waals surface area contributed by atoms with Gasteiger partial charge in [0.05, 0.1) is 0 Å². The van der Waals surface area contributed by atoms with Gasteiger partial charge in [-0.3, -0.25) is 9.59 Å². The molecular formula is C16H16N2O3. The lowest BCUT2D eigenvalue weighted by atomic mass is 10.1. The summed E-state index contributed by atoms with van der Waals surface area (Å²) in [5, 5.41) is 9.16. The number of carbonyl (C=O) groups is 2. The highest BCUT2D eigenvalue weighted by Crippen LogP contribution is 2.17. The highest BCUT2D eigenvalue weighted by Gasteiger charge is 2.21. The molecule has 1 aliphatic heterocycles. The van der Waals surface area contributed by atoms with Gasteiger partial charge in [0.1, 0.15) is 17.4 Å². The van der Waals surface area contributed by atoms with Crippen LogP contribution in [0.3, 0.4) is 0 Å². The minimum atomic E-state index is -0.389. The first-order valence-corrected chi connectivity index (χ1v) is 6.79. The molecule has 5 heteroatoms. The number of amides is 1. The standard InChI is InChI=1S/C16H16N2O3/c1-12(19)21-15-6-4-13(5-7-15)10-14(11-17)16(20)18-8-2-3-9-18/h4-7,10H,2-3,8-9H2,1H3/b14-10+. The topological polar surface area (TPSA) is 70.4 Å². The van der Waals surface area contributed by atoms with Gasteiger partial charge in [-0.05, 0) is 36.6 Å². The lowest BCUT2D eigenvalue weighted by Gasteiger charge is -2.14. The first kappa shape index (κ1) is 14.8. The summed E-state index contributed by atoms with van der Waals surface area (Å²) in [6.45, 7) is 2.75. The average molecular weight is 284 g/mol. The quantitative estimate of drug-likeness (QED) is 0.369. The fraction of sp³-hybridized carbons (Fsp3) is 0.312. The molecule has 108 valence electrons. The molecule has 0 spiro atoms. The van der Waals surface area contributed by atoms with E-state index >= 15 is 0 Å². The summed E-state index contributed by atoms with van der Waals surface area (Å²) in [5.74, 6) is -0.177. The molecule has 0 radical (unpaired) electrons. The summed E-state index contributed by atoms with van der Waals surface area (Å²) < 4.78 is 4.93. The van der Waals surface area contributed by atoms with E-state index in [-0.39, 0.29) is 17.4 Å². The molecule has 21 heavy (non-hydrogen) atoms. The number of esters is 1. The molecule has 0 aromatic heterocycles. The molecule has 1 fully saturated rings. The van der Waals surface area contributed by atoms with E-state index in [1.54, 1.807) is 35.2 Å². The van der Waals surface area contributed by atoms with E-state index in [1.807, 2.05) is 6.07 Å². The Balaban J connectivity index is 2.14. The molecule has 1 aromatic rings. The average Bonchev–Trinajstić information content (AvgIpc) is 2.99. The van der Waals surface area contributed by atoms with Gasteiger partial charge in [0.15, 0.2) is 0 Å². The van der Waals surface area contributed by atoms with Crippen molar-refractivity contribution < 1.29 is 14.3 Å². The van der Waals surface area contributed by atoms with Crippen LogP contribution < -0.4 is 4.74 Å². The van der Waals surface area contributed by atoms with Crippen molar-refractivity contribution in [3.63, 3.8) is 0 Å². The largest absolute Gasteiger partial charge is 0.427 e. The summed E-state index contributed by atoms with van der Waals surface area (Å²) in [5.41, 5.74) is 0.840. The van der Waals surface area contributed by atoms with E-state index in [2.05, 4.69) is 0 Å². The maximum atomic E-state index is 12.2. The first-order valence-electron chi connectivity index (χ1n) is 6.79. The fourth-order valence-corrected chi connectivity index (χ4v) is 2.20. The van der Waals surface area contributed by atoms with Gasteiger partial charge in [-0.15, -0.1) is 0 Å². The highest BCUT2D eigenvalue weighted by atomic mass is 16.5. The second-order valence-corrected chi connectivity index (χ2v) is 4.83. The third-order valence-electron chi connectivity index (χ3n) is 3.20. The summed E-state index contributed by atoms with van der Waals surface area (Å²) in [4.78, 5) is 24.7. The number of likely N-dealkylation sites (tertiary alicyclic amines) is 1. The predicted octanol–water partition coefficient (Wildman–Crippen LogP) is 2.14. The lowest BCUT2D eigenvalue weighted by molar-refractivity contribution is -0.132. The van der Waals surface area contributed by atoms with Crippen molar-refractivity contribution >= 4 is 18.0 Å². The first-order chi connectivity index (χ1) is 10.1. The Morgan fingerprint density at radius 2 is 1.86 bits per heavy atom. The minimum absolute atomic E-state index is 0.122. The molecule has 1 heterocycles. The molecular weight excluding hydrogens is 268 g/mol. The summed E-state index contributed by atoms with van der Waals surface area (Å²) in [6, 6.07) is 8.62. The normalized spacial score (nSPS) is 14.7. The number of rotatable bonds is 3. The van der Waals surface area contributed by atoms with Crippen LogP contribution in [0.4, 0.5) is 0 Å². The van der Waals surface area contributed by atoms with Gasteiger partial charge in [-0.2, -0.15) is 5.26 Å². The number of carbonyl (C=O) groups excluding carboxylic acids is 2. The number of hydrogen-bond acceptors (Lipinski definition) is 4. The number of hydrogen-bond donors (Lipinski definition) is 0. The van der Waals surface area contributed by atoms with Crippen molar-refractivity contribution in [2.24, 2.45) is 0 Å². The molecule has 0 N–H and O–H groups in total. The molecule has 0 aliphatic carbocycles.